The van der Waals surface area contributed by atoms with Gasteiger partial charge in [0.05, 0.1) is 0 Å². The summed E-state index contributed by atoms with van der Waals surface area (Å²) >= 11 is 5.52. The highest BCUT2D eigenvalue weighted by molar-refractivity contribution is 7.80. The number of fused-ring (bicyclic) bond motifs is 1. The third-order valence-electron chi connectivity index (χ3n) is 3.69. The number of anilines is 2. The molecule has 0 fully saturated rings. The molecule has 2 aromatic carbocycles. The molecule has 1 aliphatic heterocycles. The van der Waals surface area contributed by atoms with E-state index in [0.29, 0.717) is 5.11 Å². The van der Waals surface area contributed by atoms with E-state index in [0.717, 1.165) is 25.1 Å². The van der Waals surface area contributed by atoms with E-state index in [9.17, 15) is 4.39 Å². The molecule has 0 saturated carbocycles. The number of thiocarbonyl (C=S) groups is 1. The summed E-state index contributed by atoms with van der Waals surface area (Å²) in [4.78, 5) is 2.12. The fraction of sp³-hybridized carbons (Fsp3) is 0.235. The summed E-state index contributed by atoms with van der Waals surface area (Å²) in [7, 11) is 0. The number of rotatable bonds is 1. The number of nitrogens with zero attached hydrogens (tertiary/aromatic N) is 1. The van der Waals surface area contributed by atoms with Gasteiger partial charge in [-0.05, 0) is 67.9 Å². The molecule has 0 spiro atoms. The van der Waals surface area contributed by atoms with Crippen LogP contribution in [0.15, 0.2) is 42.5 Å². The number of hydrogen-bond acceptors (Lipinski definition) is 1. The molecule has 1 N–H and O–H groups in total. The molecule has 1 aliphatic rings. The van der Waals surface area contributed by atoms with Crippen LogP contribution >= 0.6 is 12.2 Å². The second-order valence-corrected chi connectivity index (χ2v) is 5.71. The van der Waals surface area contributed by atoms with E-state index in [-0.39, 0.29) is 5.82 Å². The molecule has 0 radical (unpaired) electrons. The Morgan fingerprint density at radius 2 is 1.95 bits per heavy atom. The lowest BCUT2D eigenvalue weighted by Crippen LogP contribution is -2.38. The van der Waals surface area contributed by atoms with E-state index < -0.39 is 0 Å². The number of halogens is 1. The van der Waals surface area contributed by atoms with Gasteiger partial charge in [-0.15, -0.1) is 0 Å². The van der Waals surface area contributed by atoms with Gasteiger partial charge in [0.15, 0.2) is 5.11 Å². The first-order valence-corrected chi connectivity index (χ1v) is 7.48. The number of nitrogens with one attached hydrogen (secondary N) is 1. The largest absolute Gasteiger partial charge is 0.332 e. The van der Waals surface area contributed by atoms with Crippen LogP contribution in [0.3, 0.4) is 0 Å². The highest BCUT2D eigenvalue weighted by Gasteiger charge is 2.20. The van der Waals surface area contributed by atoms with Gasteiger partial charge in [0.25, 0.3) is 0 Å². The Balaban J connectivity index is 1.81. The van der Waals surface area contributed by atoms with Crippen molar-refractivity contribution in [3.63, 3.8) is 0 Å². The Hall–Kier alpha value is -1.94. The monoisotopic (exact) mass is 300 g/mol. The van der Waals surface area contributed by atoms with E-state index in [1.807, 2.05) is 0 Å². The first-order valence-electron chi connectivity index (χ1n) is 7.07. The lowest BCUT2D eigenvalue weighted by molar-refractivity contribution is 0.628. The molecule has 0 atom stereocenters. The predicted molar refractivity (Wildman–Crippen MR) is 89.5 cm³/mol. The van der Waals surface area contributed by atoms with Crippen molar-refractivity contribution >= 4 is 28.7 Å². The van der Waals surface area contributed by atoms with Gasteiger partial charge in [-0.1, -0.05) is 17.7 Å². The van der Waals surface area contributed by atoms with Crippen molar-refractivity contribution in [2.45, 2.75) is 19.8 Å². The summed E-state index contributed by atoms with van der Waals surface area (Å²) in [6.07, 6.45) is 2.17. The SMILES string of the molecule is Cc1ccc2c(c1)CCCN2C(=S)Nc1ccc(F)cc1. The predicted octanol–water partition coefficient (Wildman–Crippen LogP) is 4.28. The molecule has 1 heterocycles. The minimum atomic E-state index is -0.245. The number of aryl methyl sites for hydroxylation is 2. The van der Waals surface area contributed by atoms with E-state index in [1.165, 1.54) is 28.9 Å². The molecule has 108 valence electrons. The Labute approximate surface area is 129 Å². The molecule has 2 aromatic rings. The summed E-state index contributed by atoms with van der Waals surface area (Å²) < 4.78 is 12.9. The lowest BCUT2D eigenvalue weighted by atomic mass is 10.00. The van der Waals surface area contributed by atoms with E-state index in [4.69, 9.17) is 12.2 Å². The summed E-state index contributed by atoms with van der Waals surface area (Å²) in [5, 5.41) is 3.84. The Morgan fingerprint density at radius 3 is 2.71 bits per heavy atom. The molecule has 21 heavy (non-hydrogen) atoms. The fourth-order valence-corrected chi connectivity index (χ4v) is 2.97. The molecule has 0 aliphatic carbocycles. The zero-order chi connectivity index (χ0) is 14.8. The minimum Gasteiger partial charge on any atom is -0.332 e. The van der Waals surface area contributed by atoms with Gasteiger partial charge in [0, 0.05) is 17.9 Å². The van der Waals surface area contributed by atoms with Gasteiger partial charge < -0.3 is 10.2 Å². The standard InChI is InChI=1S/C17H17FN2S/c1-12-4-9-16-13(11-12)3-2-10-20(16)17(21)19-15-7-5-14(18)6-8-15/h4-9,11H,2-3,10H2,1H3,(H,19,21). The maximum Gasteiger partial charge on any atom is 0.177 e. The third-order valence-corrected chi connectivity index (χ3v) is 4.02. The third kappa shape index (κ3) is 3.05. The van der Waals surface area contributed by atoms with Gasteiger partial charge in [0.1, 0.15) is 5.82 Å². The topological polar surface area (TPSA) is 15.3 Å². The van der Waals surface area contributed by atoms with Crippen molar-refractivity contribution < 1.29 is 4.39 Å². The molecule has 0 aromatic heterocycles. The molecular weight excluding hydrogens is 283 g/mol. The molecule has 4 heteroatoms. The van der Waals surface area contributed by atoms with Gasteiger partial charge in [0.2, 0.25) is 0 Å². The van der Waals surface area contributed by atoms with E-state index in [2.05, 4.69) is 35.3 Å². The number of benzene rings is 2. The lowest BCUT2D eigenvalue weighted by Gasteiger charge is -2.32. The fourth-order valence-electron chi connectivity index (χ4n) is 2.66. The van der Waals surface area contributed by atoms with Gasteiger partial charge in [-0.3, -0.25) is 0 Å². The van der Waals surface area contributed by atoms with Crippen LogP contribution < -0.4 is 10.2 Å². The summed E-state index contributed by atoms with van der Waals surface area (Å²) in [6, 6.07) is 12.7. The second-order valence-electron chi connectivity index (χ2n) is 5.32. The Kier molecular flexibility index (Phi) is 3.88. The van der Waals surface area contributed by atoms with Crippen molar-refractivity contribution in [1.82, 2.24) is 0 Å². The van der Waals surface area contributed by atoms with Gasteiger partial charge >= 0.3 is 0 Å². The number of hydrogen-bond donors (Lipinski definition) is 1. The summed E-state index contributed by atoms with van der Waals surface area (Å²) in [6.45, 7) is 3.01. The average Bonchev–Trinajstić information content (AvgIpc) is 2.48. The summed E-state index contributed by atoms with van der Waals surface area (Å²) in [5.41, 5.74) is 4.59. The minimum absolute atomic E-state index is 0.245. The van der Waals surface area contributed by atoms with Crippen molar-refractivity contribution in [3.8, 4) is 0 Å². The molecular formula is C17H17FN2S. The van der Waals surface area contributed by atoms with Crippen LogP contribution in [0.25, 0.3) is 0 Å². The maximum absolute atomic E-state index is 12.9. The van der Waals surface area contributed by atoms with Crippen molar-refractivity contribution in [3.05, 3.63) is 59.4 Å². The van der Waals surface area contributed by atoms with Crippen LogP contribution in [-0.2, 0) is 6.42 Å². The van der Waals surface area contributed by atoms with Gasteiger partial charge in [-0.2, -0.15) is 0 Å². The summed E-state index contributed by atoms with van der Waals surface area (Å²) in [5.74, 6) is -0.245. The smallest absolute Gasteiger partial charge is 0.177 e. The van der Waals surface area contributed by atoms with Crippen molar-refractivity contribution in [1.29, 1.82) is 0 Å². The second kappa shape index (κ2) is 5.82. The van der Waals surface area contributed by atoms with Crippen LogP contribution in [-0.4, -0.2) is 11.7 Å². The normalized spacial score (nSPS) is 13.7. The maximum atomic E-state index is 12.9. The molecule has 0 unspecified atom stereocenters. The van der Waals surface area contributed by atoms with Crippen LogP contribution in [0, 0.1) is 12.7 Å². The highest BCUT2D eigenvalue weighted by atomic mass is 32.1. The Bertz CT molecular complexity index is 667. The van der Waals surface area contributed by atoms with E-state index in [1.54, 1.807) is 12.1 Å². The zero-order valence-corrected chi connectivity index (χ0v) is 12.7. The first kappa shape index (κ1) is 14.0. The quantitative estimate of drug-likeness (QED) is 0.791. The Morgan fingerprint density at radius 1 is 1.19 bits per heavy atom. The molecule has 0 saturated heterocycles. The first-order chi connectivity index (χ1) is 10.1. The highest BCUT2D eigenvalue weighted by Crippen LogP contribution is 2.28. The molecule has 2 nitrogen and oxygen atoms in total. The zero-order valence-electron chi connectivity index (χ0n) is 11.9. The van der Waals surface area contributed by atoms with E-state index >= 15 is 0 Å². The molecule has 3 rings (SSSR count). The van der Waals surface area contributed by atoms with Crippen LogP contribution in [0.4, 0.5) is 15.8 Å². The van der Waals surface area contributed by atoms with Crippen LogP contribution in [0.2, 0.25) is 0 Å². The van der Waals surface area contributed by atoms with Crippen LogP contribution in [0.5, 0.6) is 0 Å². The molecule has 0 amide bonds. The van der Waals surface area contributed by atoms with Crippen LogP contribution in [0.1, 0.15) is 17.5 Å². The molecule has 0 bridgehead atoms. The van der Waals surface area contributed by atoms with Crippen molar-refractivity contribution in [2.24, 2.45) is 0 Å². The average molecular weight is 300 g/mol. The van der Waals surface area contributed by atoms with Crippen molar-refractivity contribution in [2.75, 3.05) is 16.8 Å². The van der Waals surface area contributed by atoms with Gasteiger partial charge in [-0.25, -0.2) is 4.39 Å².